The number of hydrogen-bond acceptors (Lipinski definition) is 2. The van der Waals surface area contributed by atoms with Crippen LogP contribution in [-0.4, -0.2) is 35.2 Å². The SMILES string of the molecule is C[C@@H](CO)N1CCCC[C@@H]1C. The zero-order chi connectivity index (χ0) is 8.27. The molecule has 1 rings (SSSR count). The zero-order valence-electron chi connectivity index (χ0n) is 7.58. The second-order valence-corrected chi connectivity index (χ2v) is 3.61. The second kappa shape index (κ2) is 4.07. The predicted octanol–water partition coefficient (Wildman–Crippen LogP) is 1.24. The molecule has 2 heteroatoms. The number of nitrogens with zero attached hydrogens (tertiary/aromatic N) is 1. The zero-order valence-corrected chi connectivity index (χ0v) is 7.58. The maximum absolute atomic E-state index is 8.96. The number of piperidine rings is 1. The third-order valence-corrected chi connectivity index (χ3v) is 2.68. The summed E-state index contributed by atoms with van der Waals surface area (Å²) < 4.78 is 0. The first kappa shape index (κ1) is 9.01. The van der Waals surface area contributed by atoms with Gasteiger partial charge in [0.2, 0.25) is 0 Å². The Morgan fingerprint density at radius 2 is 2.27 bits per heavy atom. The summed E-state index contributed by atoms with van der Waals surface area (Å²) in [5.41, 5.74) is 0. The average Bonchev–Trinajstić information content (AvgIpc) is 2.04. The highest BCUT2D eigenvalue weighted by Crippen LogP contribution is 2.18. The first-order valence-electron chi connectivity index (χ1n) is 4.62. The number of likely N-dealkylation sites (tertiary alicyclic amines) is 1. The summed E-state index contributed by atoms with van der Waals surface area (Å²) in [4.78, 5) is 2.41. The van der Waals surface area contributed by atoms with E-state index < -0.39 is 0 Å². The van der Waals surface area contributed by atoms with Crippen molar-refractivity contribution in [3.8, 4) is 0 Å². The Labute approximate surface area is 69.2 Å². The summed E-state index contributed by atoms with van der Waals surface area (Å²) >= 11 is 0. The van der Waals surface area contributed by atoms with Crippen molar-refractivity contribution >= 4 is 0 Å². The molecule has 0 unspecified atom stereocenters. The van der Waals surface area contributed by atoms with E-state index >= 15 is 0 Å². The standard InChI is InChI=1S/C9H19NO/c1-8-5-3-4-6-10(8)9(2)7-11/h8-9,11H,3-7H2,1-2H3/t8-,9-/m0/s1. The van der Waals surface area contributed by atoms with Crippen LogP contribution in [0.3, 0.4) is 0 Å². The van der Waals surface area contributed by atoms with Crippen molar-refractivity contribution < 1.29 is 5.11 Å². The number of aliphatic hydroxyl groups excluding tert-OH is 1. The summed E-state index contributed by atoms with van der Waals surface area (Å²) in [5, 5.41) is 8.96. The molecule has 11 heavy (non-hydrogen) atoms. The smallest absolute Gasteiger partial charge is 0.0584 e. The molecule has 0 spiro atoms. The van der Waals surface area contributed by atoms with Crippen LogP contribution in [0.1, 0.15) is 33.1 Å². The number of rotatable bonds is 2. The van der Waals surface area contributed by atoms with Gasteiger partial charge in [0.05, 0.1) is 6.61 Å². The molecule has 0 aromatic carbocycles. The highest BCUT2D eigenvalue weighted by atomic mass is 16.3. The first-order valence-corrected chi connectivity index (χ1v) is 4.62. The van der Waals surface area contributed by atoms with Crippen molar-refractivity contribution in [1.29, 1.82) is 0 Å². The Morgan fingerprint density at radius 3 is 2.82 bits per heavy atom. The minimum Gasteiger partial charge on any atom is -0.395 e. The van der Waals surface area contributed by atoms with Gasteiger partial charge in [-0.15, -0.1) is 0 Å². The fraction of sp³-hybridized carbons (Fsp3) is 1.00. The first-order chi connectivity index (χ1) is 5.25. The topological polar surface area (TPSA) is 23.5 Å². The van der Waals surface area contributed by atoms with E-state index in [1.54, 1.807) is 0 Å². The molecule has 0 saturated carbocycles. The fourth-order valence-electron chi connectivity index (χ4n) is 1.88. The lowest BCUT2D eigenvalue weighted by Crippen LogP contribution is -2.45. The lowest BCUT2D eigenvalue weighted by Gasteiger charge is -2.37. The molecule has 0 aliphatic carbocycles. The third kappa shape index (κ3) is 2.17. The van der Waals surface area contributed by atoms with E-state index in [-0.39, 0.29) is 0 Å². The molecule has 1 aliphatic heterocycles. The molecule has 0 aromatic rings. The monoisotopic (exact) mass is 157 g/mol. The van der Waals surface area contributed by atoms with Gasteiger partial charge in [0.25, 0.3) is 0 Å². The van der Waals surface area contributed by atoms with E-state index in [1.165, 1.54) is 25.8 Å². The molecule has 1 saturated heterocycles. The highest BCUT2D eigenvalue weighted by Gasteiger charge is 2.21. The second-order valence-electron chi connectivity index (χ2n) is 3.61. The summed E-state index contributed by atoms with van der Waals surface area (Å²) in [6.07, 6.45) is 3.95. The van der Waals surface area contributed by atoms with Crippen molar-refractivity contribution in [2.45, 2.75) is 45.2 Å². The van der Waals surface area contributed by atoms with Crippen LogP contribution in [0, 0.1) is 0 Å². The molecule has 0 aromatic heterocycles. The maximum atomic E-state index is 8.96. The van der Waals surface area contributed by atoms with Crippen LogP contribution in [0.5, 0.6) is 0 Å². The van der Waals surface area contributed by atoms with Crippen LogP contribution >= 0.6 is 0 Å². The van der Waals surface area contributed by atoms with Crippen molar-refractivity contribution in [2.75, 3.05) is 13.2 Å². The van der Waals surface area contributed by atoms with Crippen LogP contribution in [0.15, 0.2) is 0 Å². The molecule has 0 bridgehead atoms. The quantitative estimate of drug-likeness (QED) is 0.652. The van der Waals surface area contributed by atoms with Gasteiger partial charge in [0, 0.05) is 12.1 Å². The van der Waals surface area contributed by atoms with Gasteiger partial charge in [-0.3, -0.25) is 4.90 Å². The average molecular weight is 157 g/mol. The third-order valence-electron chi connectivity index (χ3n) is 2.68. The molecule has 1 fully saturated rings. The molecule has 2 atom stereocenters. The fourth-order valence-corrected chi connectivity index (χ4v) is 1.88. The van der Waals surface area contributed by atoms with E-state index in [1.807, 2.05) is 0 Å². The molecule has 66 valence electrons. The van der Waals surface area contributed by atoms with Crippen LogP contribution in [0.25, 0.3) is 0 Å². The van der Waals surface area contributed by atoms with Gasteiger partial charge in [0.1, 0.15) is 0 Å². The van der Waals surface area contributed by atoms with Gasteiger partial charge in [0.15, 0.2) is 0 Å². The van der Waals surface area contributed by atoms with Crippen molar-refractivity contribution in [2.24, 2.45) is 0 Å². The van der Waals surface area contributed by atoms with Gasteiger partial charge >= 0.3 is 0 Å². The normalized spacial score (nSPS) is 30.3. The number of hydrogen-bond donors (Lipinski definition) is 1. The van der Waals surface area contributed by atoms with Gasteiger partial charge in [-0.2, -0.15) is 0 Å². The predicted molar refractivity (Wildman–Crippen MR) is 46.6 cm³/mol. The van der Waals surface area contributed by atoms with Crippen LogP contribution in [0.4, 0.5) is 0 Å². The van der Waals surface area contributed by atoms with E-state index in [0.29, 0.717) is 18.7 Å². The molecular formula is C9H19NO. The van der Waals surface area contributed by atoms with Gasteiger partial charge in [-0.25, -0.2) is 0 Å². The molecule has 1 heterocycles. The maximum Gasteiger partial charge on any atom is 0.0584 e. The number of aliphatic hydroxyl groups is 1. The van der Waals surface area contributed by atoms with Gasteiger partial charge in [-0.1, -0.05) is 6.42 Å². The van der Waals surface area contributed by atoms with Crippen LogP contribution in [-0.2, 0) is 0 Å². The summed E-state index contributed by atoms with van der Waals surface area (Å²) in [7, 11) is 0. The van der Waals surface area contributed by atoms with Crippen molar-refractivity contribution in [3.05, 3.63) is 0 Å². The largest absolute Gasteiger partial charge is 0.395 e. The highest BCUT2D eigenvalue weighted by molar-refractivity contribution is 4.77. The Hall–Kier alpha value is -0.0800. The minimum absolute atomic E-state index is 0.296. The minimum atomic E-state index is 0.296. The molecule has 1 aliphatic rings. The molecule has 0 amide bonds. The van der Waals surface area contributed by atoms with Crippen molar-refractivity contribution in [1.82, 2.24) is 4.90 Å². The molecular weight excluding hydrogens is 138 g/mol. The Kier molecular flexibility index (Phi) is 3.34. The summed E-state index contributed by atoms with van der Waals surface area (Å²) in [5.74, 6) is 0. The van der Waals surface area contributed by atoms with E-state index in [0.717, 1.165) is 0 Å². The van der Waals surface area contributed by atoms with Gasteiger partial charge < -0.3 is 5.11 Å². The molecule has 0 radical (unpaired) electrons. The lowest BCUT2D eigenvalue weighted by molar-refractivity contribution is 0.0745. The van der Waals surface area contributed by atoms with Crippen molar-refractivity contribution in [3.63, 3.8) is 0 Å². The van der Waals surface area contributed by atoms with E-state index in [4.69, 9.17) is 5.11 Å². The van der Waals surface area contributed by atoms with E-state index in [9.17, 15) is 0 Å². The van der Waals surface area contributed by atoms with Crippen LogP contribution < -0.4 is 0 Å². The van der Waals surface area contributed by atoms with Crippen LogP contribution in [0.2, 0.25) is 0 Å². The summed E-state index contributed by atoms with van der Waals surface area (Å²) in [6.45, 7) is 5.82. The Bertz CT molecular complexity index is 112. The molecule has 1 N–H and O–H groups in total. The molecule has 2 nitrogen and oxygen atoms in total. The van der Waals surface area contributed by atoms with Gasteiger partial charge in [-0.05, 0) is 33.2 Å². The lowest BCUT2D eigenvalue weighted by atomic mass is 10.0. The Balaban J connectivity index is 2.40. The Morgan fingerprint density at radius 1 is 1.55 bits per heavy atom. The summed E-state index contributed by atoms with van der Waals surface area (Å²) in [6, 6.07) is 1.02. The van der Waals surface area contributed by atoms with E-state index in [2.05, 4.69) is 18.7 Å².